The molecule has 1 rings (SSSR count). The zero-order valence-electron chi connectivity index (χ0n) is 11.7. The van der Waals surface area contributed by atoms with Crippen molar-refractivity contribution in [3.05, 3.63) is 29.8 Å². The molecule has 1 aromatic carbocycles. The number of nitrogens with one attached hydrogen (secondary N) is 1. The second-order valence-electron chi connectivity index (χ2n) is 4.59. The molecule has 0 spiro atoms. The van der Waals surface area contributed by atoms with Crippen LogP contribution < -0.4 is 10.2 Å². The highest BCUT2D eigenvalue weighted by molar-refractivity contribution is 5.48. The first-order chi connectivity index (χ1) is 8.22. The normalized spacial score (nSPS) is 12.5. The first-order valence-electron chi connectivity index (χ1n) is 6.75. The highest BCUT2D eigenvalue weighted by atomic mass is 15.1. The summed E-state index contributed by atoms with van der Waals surface area (Å²) in [4.78, 5) is 2.47. The van der Waals surface area contributed by atoms with E-state index >= 15 is 0 Å². The monoisotopic (exact) mass is 234 g/mol. The summed E-state index contributed by atoms with van der Waals surface area (Å²) in [5, 5.41) is 3.27. The highest BCUT2D eigenvalue weighted by Gasteiger charge is 2.06. The molecule has 17 heavy (non-hydrogen) atoms. The quantitative estimate of drug-likeness (QED) is 0.775. The lowest BCUT2D eigenvalue weighted by Gasteiger charge is -2.24. The fourth-order valence-corrected chi connectivity index (χ4v) is 2.05. The summed E-state index contributed by atoms with van der Waals surface area (Å²) in [7, 11) is 2.00. The minimum Gasteiger partial charge on any atom is -0.372 e. The van der Waals surface area contributed by atoms with Crippen LogP contribution in [-0.2, 0) is 0 Å². The van der Waals surface area contributed by atoms with Gasteiger partial charge >= 0.3 is 0 Å². The van der Waals surface area contributed by atoms with Crippen LogP contribution in [0.4, 0.5) is 5.69 Å². The van der Waals surface area contributed by atoms with Crippen LogP contribution in [0.3, 0.4) is 0 Å². The van der Waals surface area contributed by atoms with E-state index < -0.39 is 0 Å². The van der Waals surface area contributed by atoms with E-state index in [-0.39, 0.29) is 0 Å². The van der Waals surface area contributed by atoms with E-state index in [1.165, 1.54) is 24.1 Å². The van der Waals surface area contributed by atoms with Gasteiger partial charge in [0.25, 0.3) is 0 Å². The van der Waals surface area contributed by atoms with Gasteiger partial charge in [0.15, 0.2) is 0 Å². The maximum atomic E-state index is 3.27. The molecule has 2 nitrogen and oxygen atoms in total. The van der Waals surface area contributed by atoms with E-state index in [2.05, 4.69) is 55.3 Å². The largest absolute Gasteiger partial charge is 0.372 e. The molecule has 0 aromatic heterocycles. The fraction of sp³-hybridized carbons (Fsp3) is 0.600. The van der Waals surface area contributed by atoms with E-state index in [4.69, 9.17) is 0 Å². The summed E-state index contributed by atoms with van der Waals surface area (Å²) in [5.74, 6) is 0. The summed E-state index contributed by atoms with van der Waals surface area (Å²) in [6.07, 6.45) is 2.41. The molecule has 0 radical (unpaired) electrons. The minimum absolute atomic E-state index is 0.426. The van der Waals surface area contributed by atoms with Gasteiger partial charge in [-0.05, 0) is 44.5 Å². The molecule has 1 atom stereocenters. The Morgan fingerprint density at radius 3 is 2.00 bits per heavy atom. The molecule has 0 bridgehead atoms. The maximum Gasteiger partial charge on any atom is 0.0366 e. The maximum absolute atomic E-state index is 3.27. The van der Waals surface area contributed by atoms with Crippen LogP contribution >= 0.6 is 0 Å². The number of anilines is 1. The molecule has 0 saturated carbocycles. The Hall–Kier alpha value is -1.02. The Morgan fingerprint density at radius 2 is 1.59 bits per heavy atom. The van der Waals surface area contributed by atoms with Gasteiger partial charge in [0.1, 0.15) is 0 Å². The predicted molar refractivity (Wildman–Crippen MR) is 76.7 cm³/mol. The number of hydrogen-bond donors (Lipinski definition) is 1. The Morgan fingerprint density at radius 1 is 1.06 bits per heavy atom. The van der Waals surface area contributed by atoms with Crippen LogP contribution in [0.1, 0.15) is 45.2 Å². The molecule has 0 fully saturated rings. The average molecular weight is 234 g/mol. The summed E-state index contributed by atoms with van der Waals surface area (Å²) in [6, 6.07) is 9.38. The van der Waals surface area contributed by atoms with Crippen LogP contribution in [0.5, 0.6) is 0 Å². The van der Waals surface area contributed by atoms with Crippen molar-refractivity contribution >= 4 is 5.69 Å². The summed E-state index contributed by atoms with van der Waals surface area (Å²) < 4.78 is 0. The van der Waals surface area contributed by atoms with Crippen LogP contribution in [0.25, 0.3) is 0 Å². The number of hydrogen-bond acceptors (Lipinski definition) is 2. The smallest absolute Gasteiger partial charge is 0.0366 e. The Bertz CT molecular complexity index is 299. The first-order valence-corrected chi connectivity index (χ1v) is 6.75. The van der Waals surface area contributed by atoms with E-state index in [9.17, 15) is 0 Å². The van der Waals surface area contributed by atoms with Crippen molar-refractivity contribution in [3.8, 4) is 0 Å². The van der Waals surface area contributed by atoms with Crippen LogP contribution in [-0.4, -0.2) is 20.1 Å². The molecule has 0 aliphatic heterocycles. The number of nitrogens with zero attached hydrogens (tertiary/aromatic N) is 1. The molecule has 1 unspecified atom stereocenters. The molecule has 0 heterocycles. The van der Waals surface area contributed by atoms with Gasteiger partial charge in [0, 0.05) is 24.8 Å². The van der Waals surface area contributed by atoms with Crippen molar-refractivity contribution in [2.75, 3.05) is 25.0 Å². The van der Waals surface area contributed by atoms with E-state index in [1.54, 1.807) is 0 Å². The molecular formula is C15H26N2. The molecule has 0 amide bonds. The third-order valence-electron chi connectivity index (χ3n) is 3.18. The second-order valence-corrected chi connectivity index (χ2v) is 4.59. The van der Waals surface area contributed by atoms with Gasteiger partial charge in [0.05, 0.1) is 0 Å². The zero-order valence-corrected chi connectivity index (χ0v) is 11.7. The van der Waals surface area contributed by atoms with Gasteiger partial charge < -0.3 is 10.2 Å². The van der Waals surface area contributed by atoms with Crippen molar-refractivity contribution in [2.24, 2.45) is 0 Å². The SMILES string of the molecule is CCCN(CCC)c1ccc(C(C)NC)cc1. The fourth-order valence-electron chi connectivity index (χ4n) is 2.05. The summed E-state index contributed by atoms with van der Waals surface area (Å²) in [5.41, 5.74) is 2.70. The van der Waals surface area contributed by atoms with Gasteiger partial charge in [-0.2, -0.15) is 0 Å². The van der Waals surface area contributed by atoms with Crippen molar-refractivity contribution in [3.63, 3.8) is 0 Å². The first kappa shape index (κ1) is 14.0. The van der Waals surface area contributed by atoms with Gasteiger partial charge in [-0.15, -0.1) is 0 Å². The lowest BCUT2D eigenvalue weighted by Crippen LogP contribution is -2.24. The lowest BCUT2D eigenvalue weighted by atomic mass is 10.1. The molecular weight excluding hydrogens is 208 g/mol. The van der Waals surface area contributed by atoms with Crippen molar-refractivity contribution in [1.82, 2.24) is 5.32 Å². The molecule has 1 N–H and O–H groups in total. The molecule has 0 aliphatic rings. The summed E-state index contributed by atoms with van der Waals surface area (Å²) >= 11 is 0. The Labute approximate surface area is 106 Å². The number of benzene rings is 1. The van der Waals surface area contributed by atoms with E-state index in [1.807, 2.05) is 7.05 Å². The van der Waals surface area contributed by atoms with E-state index in [0.29, 0.717) is 6.04 Å². The molecule has 1 aromatic rings. The van der Waals surface area contributed by atoms with Gasteiger partial charge in [-0.3, -0.25) is 0 Å². The minimum atomic E-state index is 0.426. The van der Waals surface area contributed by atoms with Crippen molar-refractivity contribution < 1.29 is 0 Å². The molecule has 2 heteroatoms. The van der Waals surface area contributed by atoms with Crippen LogP contribution in [0.2, 0.25) is 0 Å². The Kier molecular flexibility index (Phi) is 6.06. The van der Waals surface area contributed by atoms with Crippen molar-refractivity contribution in [2.45, 2.75) is 39.7 Å². The third kappa shape index (κ3) is 4.04. The zero-order chi connectivity index (χ0) is 12.7. The van der Waals surface area contributed by atoms with Crippen molar-refractivity contribution in [1.29, 1.82) is 0 Å². The van der Waals surface area contributed by atoms with Gasteiger partial charge in [0.2, 0.25) is 0 Å². The molecule has 0 saturated heterocycles. The lowest BCUT2D eigenvalue weighted by molar-refractivity contribution is 0.652. The summed E-state index contributed by atoms with van der Waals surface area (Å²) in [6.45, 7) is 8.95. The standard InChI is InChI=1S/C15H26N2/c1-5-11-17(12-6-2)15-9-7-14(8-10-15)13(3)16-4/h7-10,13,16H,5-6,11-12H2,1-4H3. The van der Waals surface area contributed by atoms with Gasteiger partial charge in [-0.25, -0.2) is 0 Å². The van der Waals surface area contributed by atoms with Gasteiger partial charge in [-0.1, -0.05) is 26.0 Å². The topological polar surface area (TPSA) is 15.3 Å². The second kappa shape index (κ2) is 7.33. The molecule has 0 aliphatic carbocycles. The van der Waals surface area contributed by atoms with Crippen LogP contribution in [0, 0.1) is 0 Å². The predicted octanol–water partition coefficient (Wildman–Crippen LogP) is 3.59. The third-order valence-corrected chi connectivity index (χ3v) is 3.18. The van der Waals surface area contributed by atoms with Crippen LogP contribution in [0.15, 0.2) is 24.3 Å². The Balaban J connectivity index is 2.76. The van der Waals surface area contributed by atoms with E-state index in [0.717, 1.165) is 13.1 Å². The number of rotatable bonds is 7. The average Bonchev–Trinajstić information content (AvgIpc) is 2.38. The molecule has 96 valence electrons. The highest BCUT2D eigenvalue weighted by Crippen LogP contribution is 2.19.